The second-order valence-corrected chi connectivity index (χ2v) is 6.62. The Labute approximate surface area is 114 Å². The third-order valence-electron chi connectivity index (χ3n) is 2.08. The Morgan fingerprint density at radius 2 is 1.79 bits per heavy atom. The lowest BCUT2D eigenvalue weighted by molar-refractivity contribution is 0.102. The topological polar surface area (TPSA) is 26.3 Å². The minimum Gasteiger partial charge on any atom is -0.494 e. The monoisotopic (exact) mass is 368 g/mol. The number of rotatable bonds is 5. The minimum atomic E-state index is -9.84. The van der Waals surface area contributed by atoms with Gasteiger partial charge in [-0.1, -0.05) is 35.4 Å². The van der Waals surface area contributed by atoms with E-state index in [1.807, 2.05) is 0 Å². The molecule has 0 atom stereocenters. The summed E-state index contributed by atoms with van der Waals surface area (Å²) in [7, 11) is -9.84. The highest BCUT2D eigenvalue weighted by Gasteiger charge is 2.65. The SMILES string of the molecule is CCOc1cc(C(=O)CBr)cc(S(F)(F)(F)(F)F)c1. The van der Waals surface area contributed by atoms with Gasteiger partial charge in [0.2, 0.25) is 0 Å². The van der Waals surface area contributed by atoms with Crippen LogP contribution in [0.2, 0.25) is 0 Å². The average molecular weight is 369 g/mol. The zero-order valence-electron chi connectivity index (χ0n) is 9.64. The number of ketones is 1. The Hall–Kier alpha value is -0.830. The molecule has 0 unspecified atom stereocenters. The lowest BCUT2D eigenvalue weighted by Crippen LogP contribution is -2.09. The van der Waals surface area contributed by atoms with Crippen molar-refractivity contribution < 1.29 is 29.0 Å². The molecule has 0 aliphatic heterocycles. The van der Waals surface area contributed by atoms with Crippen molar-refractivity contribution in [2.24, 2.45) is 0 Å². The van der Waals surface area contributed by atoms with E-state index in [9.17, 15) is 24.2 Å². The lowest BCUT2D eigenvalue weighted by Gasteiger charge is -2.40. The molecule has 0 N–H and O–H groups in total. The fourth-order valence-electron chi connectivity index (χ4n) is 1.28. The second kappa shape index (κ2) is 4.34. The van der Waals surface area contributed by atoms with Gasteiger partial charge in [-0.05, 0) is 19.1 Å². The normalized spacial score (nSPS) is 15.5. The van der Waals surface area contributed by atoms with E-state index in [0.29, 0.717) is 0 Å². The standard InChI is InChI=1S/C10H10BrF5O2S/c1-2-18-8-3-7(10(17)6-11)4-9(5-8)19(12,13,14,15)16/h3-5H,2,6H2,1H3. The van der Waals surface area contributed by atoms with Crippen molar-refractivity contribution in [2.75, 3.05) is 11.9 Å². The van der Waals surface area contributed by atoms with Crippen molar-refractivity contribution in [3.8, 4) is 5.75 Å². The molecule has 19 heavy (non-hydrogen) atoms. The van der Waals surface area contributed by atoms with Crippen LogP contribution in [0, 0.1) is 0 Å². The maximum atomic E-state index is 12.7. The van der Waals surface area contributed by atoms with Gasteiger partial charge in [-0.3, -0.25) is 4.79 Å². The number of hydrogen-bond donors (Lipinski definition) is 0. The highest BCUT2D eigenvalue weighted by molar-refractivity contribution is 9.09. The number of alkyl halides is 1. The van der Waals surface area contributed by atoms with Crippen molar-refractivity contribution in [1.82, 2.24) is 0 Å². The van der Waals surface area contributed by atoms with Gasteiger partial charge in [-0.2, -0.15) is 0 Å². The Balaban J connectivity index is 3.50. The van der Waals surface area contributed by atoms with E-state index in [1.54, 1.807) is 0 Å². The number of Topliss-reactive ketones (excluding diaryl/α,β-unsaturated/α-hetero) is 1. The van der Waals surface area contributed by atoms with Crippen molar-refractivity contribution in [1.29, 1.82) is 0 Å². The molecular weight excluding hydrogens is 359 g/mol. The Morgan fingerprint density at radius 3 is 2.21 bits per heavy atom. The molecule has 0 aliphatic carbocycles. The third-order valence-corrected chi connectivity index (χ3v) is 3.72. The fourth-order valence-corrected chi connectivity index (χ4v) is 2.29. The van der Waals surface area contributed by atoms with Crippen molar-refractivity contribution in [2.45, 2.75) is 11.8 Å². The molecule has 9 heteroatoms. The summed E-state index contributed by atoms with van der Waals surface area (Å²) in [5.41, 5.74) is -0.480. The maximum absolute atomic E-state index is 12.7. The van der Waals surface area contributed by atoms with Crippen LogP contribution in [0.1, 0.15) is 17.3 Å². The first-order chi connectivity index (χ1) is 8.37. The second-order valence-electron chi connectivity index (χ2n) is 3.65. The third kappa shape index (κ3) is 4.34. The Bertz CT molecular complexity index is 514. The summed E-state index contributed by atoms with van der Waals surface area (Å²) in [6, 6.07) is 1.35. The van der Waals surface area contributed by atoms with Crippen LogP contribution in [0.5, 0.6) is 5.75 Å². The highest BCUT2D eigenvalue weighted by Crippen LogP contribution is 3.02. The van der Waals surface area contributed by atoms with Gasteiger partial charge in [0.05, 0.1) is 11.9 Å². The molecule has 0 fully saturated rings. The molecule has 1 aromatic carbocycles. The van der Waals surface area contributed by atoms with E-state index in [-0.39, 0.29) is 24.1 Å². The molecule has 0 spiro atoms. The van der Waals surface area contributed by atoms with Gasteiger partial charge in [-0.15, -0.1) is 0 Å². The molecular formula is C10H10BrF5O2S. The molecule has 0 amide bonds. The van der Waals surface area contributed by atoms with Crippen LogP contribution in [-0.4, -0.2) is 17.7 Å². The van der Waals surface area contributed by atoms with Gasteiger partial charge in [0.1, 0.15) is 10.6 Å². The van der Waals surface area contributed by atoms with Crippen LogP contribution in [0.4, 0.5) is 19.4 Å². The number of carbonyl (C=O) groups is 1. The van der Waals surface area contributed by atoms with E-state index < -0.39 is 32.2 Å². The number of hydrogen-bond acceptors (Lipinski definition) is 2. The summed E-state index contributed by atoms with van der Waals surface area (Å²) in [6.07, 6.45) is 0. The molecule has 0 bridgehead atoms. The van der Waals surface area contributed by atoms with E-state index in [0.717, 1.165) is 6.07 Å². The first-order valence-electron chi connectivity index (χ1n) is 4.98. The van der Waals surface area contributed by atoms with Crippen molar-refractivity contribution in [3.05, 3.63) is 23.8 Å². The van der Waals surface area contributed by atoms with Gasteiger partial charge in [0.25, 0.3) is 0 Å². The largest absolute Gasteiger partial charge is 0.494 e. The van der Waals surface area contributed by atoms with E-state index in [4.69, 9.17) is 4.74 Å². The molecule has 1 rings (SSSR count). The van der Waals surface area contributed by atoms with Crippen LogP contribution in [0.25, 0.3) is 0 Å². The van der Waals surface area contributed by atoms with Crippen LogP contribution in [0.3, 0.4) is 0 Å². The average Bonchev–Trinajstić information content (AvgIpc) is 2.25. The smallest absolute Gasteiger partial charge is 0.310 e. The van der Waals surface area contributed by atoms with Crippen LogP contribution in [-0.2, 0) is 0 Å². The molecule has 0 radical (unpaired) electrons. The molecule has 0 aliphatic rings. The molecule has 1 aromatic rings. The molecule has 110 valence electrons. The number of benzene rings is 1. The number of halogens is 6. The van der Waals surface area contributed by atoms with Gasteiger partial charge in [0, 0.05) is 11.6 Å². The fraction of sp³-hybridized carbons (Fsp3) is 0.300. The lowest BCUT2D eigenvalue weighted by atomic mass is 10.1. The number of carbonyl (C=O) groups excluding carboxylic acids is 1. The van der Waals surface area contributed by atoms with E-state index in [2.05, 4.69) is 15.9 Å². The van der Waals surface area contributed by atoms with Gasteiger partial charge < -0.3 is 4.74 Å². The Morgan fingerprint density at radius 1 is 1.21 bits per heavy atom. The minimum absolute atomic E-state index is 0.00822. The summed E-state index contributed by atoms with van der Waals surface area (Å²) in [4.78, 5) is 9.23. The predicted molar refractivity (Wildman–Crippen MR) is 67.1 cm³/mol. The Kier molecular flexibility index (Phi) is 3.70. The molecule has 0 saturated carbocycles. The van der Waals surface area contributed by atoms with Crippen molar-refractivity contribution >= 4 is 31.9 Å². The molecule has 2 nitrogen and oxygen atoms in total. The zero-order chi connectivity index (χ0) is 15.0. The molecule has 0 saturated heterocycles. The van der Waals surface area contributed by atoms with Gasteiger partial charge >= 0.3 is 10.2 Å². The van der Waals surface area contributed by atoms with E-state index >= 15 is 0 Å². The van der Waals surface area contributed by atoms with Gasteiger partial charge in [0.15, 0.2) is 5.78 Å². The summed E-state index contributed by atoms with van der Waals surface area (Å²) in [6.45, 7) is 1.48. The van der Waals surface area contributed by atoms with Gasteiger partial charge in [-0.25, -0.2) is 0 Å². The van der Waals surface area contributed by atoms with Crippen LogP contribution in [0.15, 0.2) is 23.1 Å². The molecule has 0 heterocycles. The summed E-state index contributed by atoms with van der Waals surface area (Å²) >= 11 is 2.77. The summed E-state index contributed by atoms with van der Waals surface area (Å²) in [5, 5.41) is -0.275. The zero-order valence-corrected chi connectivity index (χ0v) is 12.0. The van der Waals surface area contributed by atoms with Crippen LogP contribution < -0.4 is 4.74 Å². The first kappa shape index (κ1) is 16.2. The molecule has 0 aromatic heterocycles. The quantitative estimate of drug-likeness (QED) is 0.399. The summed E-state index contributed by atoms with van der Waals surface area (Å²) in [5.74, 6) is -1.16. The van der Waals surface area contributed by atoms with E-state index in [1.165, 1.54) is 6.92 Å². The number of ether oxygens (including phenoxy) is 1. The van der Waals surface area contributed by atoms with Crippen LogP contribution >= 0.6 is 26.2 Å². The predicted octanol–water partition coefficient (Wildman–Crippen LogP) is 5.32. The highest BCUT2D eigenvalue weighted by atomic mass is 79.9. The first-order valence-corrected chi connectivity index (χ1v) is 8.06. The maximum Gasteiger partial charge on any atom is 0.310 e. The van der Waals surface area contributed by atoms with Crippen molar-refractivity contribution in [3.63, 3.8) is 0 Å². The summed E-state index contributed by atoms with van der Waals surface area (Å²) < 4.78 is 68.5.